The predicted octanol–water partition coefficient (Wildman–Crippen LogP) is 2.73. The zero-order valence-corrected chi connectivity index (χ0v) is 14.4. The number of nitrogens with one attached hydrogen (secondary N) is 1. The third kappa shape index (κ3) is 4.09. The number of hydrogen-bond acceptors (Lipinski definition) is 3. The molecule has 0 saturated heterocycles. The molecule has 0 bridgehead atoms. The molecule has 1 atom stereocenters. The molecule has 1 heterocycles. The van der Waals surface area contributed by atoms with Crippen molar-refractivity contribution < 1.29 is 4.79 Å². The lowest BCUT2D eigenvalue weighted by molar-refractivity contribution is -0.126. The summed E-state index contributed by atoms with van der Waals surface area (Å²) in [5, 5.41) is 3.04. The van der Waals surface area contributed by atoms with E-state index in [9.17, 15) is 4.79 Å². The zero-order chi connectivity index (χ0) is 16.1. The minimum absolute atomic E-state index is 0.0892. The molecule has 1 aromatic heterocycles. The van der Waals surface area contributed by atoms with E-state index in [1.165, 1.54) is 32.1 Å². The summed E-state index contributed by atoms with van der Waals surface area (Å²) in [6.45, 7) is 6.73. The maximum Gasteiger partial charge on any atom is 0.237 e. The average Bonchev–Trinajstić information content (AvgIpc) is 3.00. The molecular formula is C17H30N4O. The van der Waals surface area contributed by atoms with Crippen molar-refractivity contribution >= 4 is 5.91 Å². The lowest BCUT2D eigenvalue weighted by atomic mass is 9.93. The summed E-state index contributed by atoms with van der Waals surface area (Å²) >= 11 is 0. The van der Waals surface area contributed by atoms with Gasteiger partial charge in [0.05, 0.1) is 12.6 Å². The Balaban J connectivity index is 1.86. The summed E-state index contributed by atoms with van der Waals surface area (Å²) < 4.78 is 2.09. The van der Waals surface area contributed by atoms with E-state index in [2.05, 4.69) is 40.7 Å². The Bertz CT molecular complexity index is 477. The van der Waals surface area contributed by atoms with E-state index in [1.807, 2.05) is 13.1 Å². The molecule has 1 saturated carbocycles. The van der Waals surface area contributed by atoms with Crippen LogP contribution in [0, 0.1) is 0 Å². The Morgan fingerprint density at radius 2 is 2.05 bits per heavy atom. The van der Waals surface area contributed by atoms with Crippen LogP contribution in [0.5, 0.6) is 0 Å². The molecule has 5 heteroatoms. The smallest absolute Gasteiger partial charge is 0.237 e. The number of amides is 1. The summed E-state index contributed by atoms with van der Waals surface area (Å²) in [7, 11) is 2.08. The fourth-order valence-electron chi connectivity index (χ4n) is 3.25. The Morgan fingerprint density at radius 1 is 1.36 bits per heavy atom. The highest BCUT2D eigenvalue weighted by Crippen LogP contribution is 2.23. The Labute approximate surface area is 134 Å². The van der Waals surface area contributed by atoms with Crippen LogP contribution in [0.3, 0.4) is 0 Å². The van der Waals surface area contributed by atoms with Gasteiger partial charge in [0.2, 0.25) is 5.91 Å². The predicted molar refractivity (Wildman–Crippen MR) is 88.6 cm³/mol. The molecule has 1 fully saturated rings. The second-order valence-electron chi connectivity index (χ2n) is 6.70. The van der Waals surface area contributed by atoms with Crippen molar-refractivity contribution in [1.82, 2.24) is 19.8 Å². The van der Waals surface area contributed by atoms with Crippen LogP contribution >= 0.6 is 0 Å². The molecular weight excluding hydrogens is 276 g/mol. The van der Waals surface area contributed by atoms with Crippen LogP contribution < -0.4 is 5.32 Å². The number of rotatable bonds is 6. The van der Waals surface area contributed by atoms with Gasteiger partial charge in [0.25, 0.3) is 0 Å². The van der Waals surface area contributed by atoms with Crippen LogP contribution in [-0.4, -0.2) is 39.5 Å². The maximum atomic E-state index is 12.4. The Kier molecular flexibility index (Phi) is 6.00. The van der Waals surface area contributed by atoms with Gasteiger partial charge in [0.1, 0.15) is 5.82 Å². The Morgan fingerprint density at radius 3 is 2.68 bits per heavy atom. The number of carbonyl (C=O) groups is 1. The van der Waals surface area contributed by atoms with Gasteiger partial charge in [-0.3, -0.25) is 9.69 Å². The fraction of sp³-hybridized carbons (Fsp3) is 0.765. The van der Waals surface area contributed by atoms with Gasteiger partial charge in [0.15, 0.2) is 0 Å². The van der Waals surface area contributed by atoms with Gasteiger partial charge in [-0.25, -0.2) is 4.98 Å². The van der Waals surface area contributed by atoms with E-state index in [1.54, 1.807) is 6.20 Å². The SMILES string of the molecule is CC(C)n1ccnc1CNC(=O)[C@H](C)N(C)C1CCCCC1. The molecule has 1 aromatic rings. The van der Waals surface area contributed by atoms with Gasteiger partial charge < -0.3 is 9.88 Å². The number of hydrogen-bond donors (Lipinski definition) is 1. The summed E-state index contributed by atoms with van der Waals surface area (Å²) in [6, 6.07) is 0.814. The quantitative estimate of drug-likeness (QED) is 0.879. The standard InChI is InChI=1S/C17H30N4O/c1-13(2)21-11-10-18-16(21)12-19-17(22)14(3)20(4)15-8-6-5-7-9-15/h10-11,13-15H,5-9,12H2,1-4H3,(H,19,22)/t14-/m0/s1. The van der Waals surface area contributed by atoms with E-state index in [4.69, 9.17) is 0 Å². The van der Waals surface area contributed by atoms with Crippen LogP contribution in [0.15, 0.2) is 12.4 Å². The second kappa shape index (κ2) is 7.77. The fourth-order valence-corrected chi connectivity index (χ4v) is 3.25. The number of aromatic nitrogens is 2. The number of imidazole rings is 1. The molecule has 2 rings (SSSR count). The number of likely N-dealkylation sites (N-methyl/N-ethyl adjacent to an activating group) is 1. The molecule has 1 amide bonds. The van der Waals surface area contributed by atoms with E-state index >= 15 is 0 Å². The lowest BCUT2D eigenvalue weighted by Gasteiger charge is -2.34. The molecule has 0 aliphatic heterocycles. The van der Waals surface area contributed by atoms with Crippen molar-refractivity contribution in [2.45, 2.75) is 77.5 Å². The van der Waals surface area contributed by atoms with Crippen LogP contribution in [0.2, 0.25) is 0 Å². The minimum Gasteiger partial charge on any atom is -0.348 e. The summed E-state index contributed by atoms with van der Waals surface area (Å²) in [5.74, 6) is 1.00. The first-order valence-corrected chi connectivity index (χ1v) is 8.52. The van der Waals surface area contributed by atoms with Gasteiger partial charge in [0, 0.05) is 24.5 Å². The first-order chi connectivity index (χ1) is 10.5. The second-order valence-corrected chi connectivity index (χ2v) is 6.70. The minimum atomic E-state index is -0.0921. The highest BCUT2D eigenvalue weighted by Gasteiger charge is 2.26. The molecule has 1 N–H and O–H groups in total. The van der Waals surface area contributed by atoms with E-state index < -0.39 is 0 Å². The third-order valence-corrected chi connectivity index (χ3v) is 4.87. The molecule has 0 aromatic carbocycles. The van der Waals surface area contributed by atoms with Crippen LogP contribution in [0.4, 0.5) is 0 Å². The molecule has 5 nitrogen and oxygen atoms in total. The summed E-state index contributed by atoms with van der Waals surface area (Å²) in [5.41, 5.74) is 0. The van der Waals surface area contributed by atoms with Gasteiger partial charge in [-0.2, -0.15) is 0 Å². The van der Waals surface area contributed by atoms with Crippen molar-refractivity contribution in [1.29, 1.82) is 0 Å². The highest BCUT2D eigenvalue weighted by atomic mass is 16.2. The van der Waals surface area contributed by atoms with E-state index in [0.29, 0.717) is 18.6 Å². The molecule has 1 aliphatic rings. The van der Waals surface area contributed by atoms with Crippen molar-refractivity contribution in [2.24, 2.45) is 0 Å². The first kappa shape index (κ1) is 17.0. The van der Waals surface area contributed by atoms with Gasteiger partial charge in [-0.15, -0.1) is 0 Å². The van der Waals surface area contributed by atoms with Gasteiger partial charge in [-0.05, 0) is 40.7 Å². The van der Waals surface area contributed by atoms with E-state index in [-0.39, 0.29) is 11.9 Å². The van der Waals surface area contributed by atoms with Crippen LogP contribution in [0.1, 0.15) is 64.7 Å². The average molecular weight is 306 g/mol. The topological polar surface area (TPSA) is 50.2 Å². The maximum absolute atomic E-state index is 12.4. The van der Waals surface area contributed by atoms with Crippen LogP contribution in [0.25, 0.3) is 0 Å². The normalized spacial score (nSPS) is 17.9. The molecule has 1 aliphatic carbocycles. The van der Waals surface area contributed by atoms with Crippen LogP contribution in [-0.2, 0) is 11.3 Å². The third-order valence-electron chi connectivity index (χ3n) is 4.87. The lowest BCUT2D eigenvalue weighted by Crippen LogP contribution is -2.48. The highest BCUT2D eigenvalue weighted by molar-refractivity contribution is 5.81. The Hall–Kier alpha value is -1.36. The number of nitrogens with zero attached hydrogens (tertiary/aromatic N) is 3. The number of carbonyl (C=O) groups excluding carboxylic acids is 1. The molecule has 0 spiro atoms. The first-order valence-electron chi connectivity index (χ1n) is 8.52. The van der Waals surface area contributed by atoms with Crippen molar-refractivity contribution in [3.8, 4) is 0 Å². The summed E-state index contributed by atoms with van der Waals surface area (Å²) in [6.07, 6.45) is 10.1. The van der Waals surface area contributed by atoms with Gasteiger partial charge in [-0.1, -0.05) is 19.3 Å². The molecule has 22 heavy (non-hydrogen) atoms. The monoisotopic (exact) mass is 306 g/mol. The molecule has 0 radical (unpaired) electrons. The zero-order valence-electron chi connectivity index (χ0n) is 14.4. The van der Waals surface area contributed by atoms with Crippen molar-refractivity contribution in [3.63, 3.8) is 0 Å². The summed E-state index contributed by atoms with van der Waals surface area (Å²) in [4.78, 5) is 19.0. The molecule has 124 valence electrons. The van der Waals surface area contributed by atoms with E-state index in [0.717, 1.165) is 5.82 Å². The largest absolute Gasteiger partial charge is 0.348 e. The van der Waals surface area contributed by atoms with Gasteiger partial charge >= 0.3 is 0 Å². The molecule has 0 unspecified atom stereocenters. The van der Waals surface area contributed by atoms with Crippen molar-refractivity contribution in [2.75, 3.05) is 7.05 Å². The van der Waals surface area contributed by atoms with Crippen molar-refractivity contribution in [3.05, 3.63) is 18.2 Å².